The summed E-state index contributed by atoms with van der Waals surface area (Å²) in [5.74, 6) is 0. The molecule has 5 fully saturated rings. The maximum Gasteiger partial charge on any atom is 0.187 e. The molecular weight excluding hydrogens is 688 g/mol. The predicted octanol–water partition coefficient (Wildman–Crippen LogP) is -8.59. The van der Waals surface area contributed by atoms with E-state index in [0.717, 1.165) is 0 Å². The van der Waals surface area contributed by atoms with Crippen molar-refractivity contribution in [2.45, 2.75) is 155 Å². The van der Waals surface area contributed by atoms with Crippen molar-refractivity contribution in [1.29, 1.82) is 0 Å². The number of hydrogen-bond donors (Lipinski definition) is 13. The summed E-state index contributed by atoms with van der Waals surface area (Å²) in [4.78, 5) is 0. The van der Waals surface area contributed by atoms with Crippen LogP contribution >= 0.6 is 0 Å². The molecule has 0 bridgehead atoms. The zero-order chi connectivity index (χ0) is 36.8. The molecule has 23 atom stereocenters. The Hall–Kier alpha value is -0.880. The van der Waals surface area contributed by atoms with Crippen LogP contribution in [0.15, 0.2) is 0 Å². The fraction of sp³-hybridized carbons (Fsp3) is 1.00. The van der Waals surface area contributed by atoms with E-state index in [0.29, 0.717) is 0 Å². The molecule has 22 heteroatoms. The van der Waals surface area contributed by atoms with Crippen LogP contribution in [0.1, 0.15) is 13.8 Å². The Morgan fingerprint density at radius 2 is 0.940 bits per heavy atom. The van der Waals surface area contributed by atoms with Crippen molar-refractivity contribution in [2.75, 3.05) is 19.8 Å². The third-order valence-corrected chi connectivity index (χ3v) is 9.48. The lowest BCUT2D eigenvalue weighted by Gasteiger charge is -2.48. The quantitative estimate of drug-likeness (QED) is 0.104. The smallest absolute Gasteiger partial charge is 0.187 e. The lowest BCUT2D eigenvalue weighted by atomic mass is 9.97. The van der Waals surface area contributed by atoms with Crippen LogP contribution in [0.2, 0.25) is 0 Å². The third-order valence-electron chi connectivity index (χ3n) is 9.48. The highest BCUT2D eigenvalue weighted by molar-refractivity contribution is 4.96. The predicted molar refractivity (Wildman–Crippen MR) is 152 cm³/mol. The molecule has 13 N–H and O–H groups in total. The Morgan fingerprint density at radius 3 is 1.48 bits per heavy atom. The minimum atomic E-state index is -1.92. The second kappa shape index (κ2) is 16.6. The summed E-state index contributed by atoms with van der Waals surface area (Å²) in [5.41, 5.74) is 0. The minimum Gasteiger partial charge on any atom is -0.394 e. The number of rotatable bonds is 9. The molecule has 0 aliphatic carbocycles. The fourth-order valence-corrected chi connectivity index (χ4v) is 6.28. The molecule has 5 rings (SSSR count). The summed E-state index contributed by atoms with van der Waals surface area (Å²) in [6, 6.07) is 0. The summed E-state index contributed by atoms with van der Waals surface area (Å²) in [6.45, 7) is 0.886. The molecule has 5 aliphatic heterocycles. The largest absolute Gasteiger partial charge is 0.394 e. The van der Waals surface area contributed by atoms with E-state index < -0.39 is 161 Å². The van der Waals surface area contributed by atoms with Crippen LogP contribution in [-0.2, 0) is 42.6 Å². The van der Waals surface area contributed by atoms with E-state index in [-0.39, 0.29) is 0 Å². The van der Waals surface area contributed by atoms with Gasteiger partial charge in [-0.25, -0.2) is 0 Å². The van der Waals surface area contributed by atoms with Gasteiger partial charge in [-0.2, -0.15) is 0 Å². The van der Waals surface area contributed by atoms with Crippen molar-refractivity contribution >= 4 is 0 Å². The van der Waals surface area contributed by atoms with Gasteiger partial charge in [-0.1, -0.05) is 0 Å². The van der Waals surface area contributed by atoms with Crippen molar-refractivity contribution in [3.05, 3.63) is 0 Å². The van der Waals surface area contributed by atoms with Gasteiger partial charge in [0, 0.05) is 0 Å². The summed E-state index contributed by atoms with van der Waals surface area (Å²) >= 11 is 0. The van der Waals surface area contributed by atoms with E-state index in [2.05, 4.69) is 0 Å². The van der Waals surface area contributed by atoms with Crippen molar-refractivity contribution in [1.82, 2.24) is 0 Å². The van der Waals surface area contributed by atoms with Gasteiger partial charge in [-0.3, -0.25) is 0 Å². The molecule has 5 saturated heterocycles. The van der Waals surface area contributed by atoms with Crippen LogP contribution < -0.4 is 0 Å². The van der Waals surface area contributed by atoms with Gasteiger partial charge >= 0.3 is 0 Å². The molecule has 0 spiro atoms. The number of aliphatic hydroxyl groups excluding tert-OH is 13. The molecule has 292 valence electrons. The van der Waals surface area contributed by atoms with E-state index in [1.54, 1.807) is 0 Å². The Labute approximate surface area is 284 Å². The first-order valence-corrected chi connectivity index (χ1v) is 16.1. The lowest BCUT2D eigenvalue weighted by molar-refractivity contribution is -0.392. The van der Waals surface area contributed by atoms with Gasteiger partial charge < -0.3 is 109 Å². The highest BCUT2D eigenvalue weighted by Gasteiger charge is 2.54. The molecule has 0 saturated carbocycles. The zero-order valence-corrected chi connectivity index (χ0v) is 26.9. The average molecular weight is 737 g/mol. The molecule has 0 amide bonds. The van der Waals surface area contributed by atoms with Crippen molar-refractivity contribution in [3.63, 3.8) is 0 Å². The first kappa shape index (κ1) is 40.3. The van der Waals surface area contributed by atoms with Gasteiger partial charge in [0.2, 0.25) is 0 Å². The Balaban J connectivity index is 1.36. The van der Waals surface area contributed by atoms with Crippen LogP contribution in [-0.4, -0.2) is 228 Å². The monoisotopic (exact) mass is 736 g/mol. The third kappa shape index (κ3) is 8.12. The van der Waals surface area contributed by atoms with E-state index >= 15 is 0 Å². The molecule has 1 unspecified atom stereocenters. The molecule has 22 nitrogen and oxygen atoms in total. The highest BCUT2D eigenvalue weighted by atomic mass is 16.8. The number of ether oxygens (including phenoxy) is 9. The Morgan fingerprint density at radius 1 is 0.460 bits per heavy atom. The molecule has 0 aromatic rings. The van der Waals surface area contributed by atoms with E-state index in [9.17, 15) is 66.4 Å². The Kier molecular flexibility index (Phi) is 13.4. The van der Waals surface area contributed by atoms with Crippen LogP contribution in [0.3, 0.4) is 0 Å². The first-order chi connectivity index (χ1) is 23.5. The standard InChI is InChI=1S/C28H48O22/c1-6-11(31)16(36)18(38)25(44-6)49-22-13(33)8(30)4-42-27(22)47-10-5-43-28(48-21-14(34)9(3-29)46-24(41)20(21)40)23(15(10)35)50-26-19(39)17(37)12(32)7(2)45-26/h6-41H,3-5H2,1-2H3/t6-,7-,8-,9-,10-,11+,12-,13+,14-,15+,16+,17+,18-,19-,20-,21-,22-,23-,24?,25+,26+,27+,28+/m1/s1. The second-order valence-electron chi connectivity index (χ2n) is 13.0. The highest BCUT2D eigenvalue weighted by Crippen LogP contribution is 2.34. The van der Waals surface area contributed by atoms with Gasteiger partial charge in [-0.05, 0) is 13.8 Å². The lowest BCUT2D eigenvalue weighted by Crippen LogP contribution is -2.66. The van der Waals surface area contributed by atoms with E-state index in [1.165, 1.54) is 13.8 Å². The molecule has 0 aromatic carbocycles. The SMILES string of the molecule is C[C@H]1O[C@@H](O[C@H]2[C@H](O[C@@H]3CO[C@@H](O[C@@H]4[C@H](O)[C@@H](CO)OC(O)[C@@H]4O)[C@H](O[C@@H]4O[C@H](C)[C@@H](O)[C@H](O)[C@H]4O)[C@H]3O)OC[C@@H](O)[C@@H]2O)[C@H](O)[C@@H](O)[C@H]1O. The van der Waals surface area contributed by atoms with Crippen LogP contribution in [0, 0.1) is 0 Å². The molecule has 50 heavy (non-hydrogen) atoms. The second-order valence-corrected chi connectivity index (χ2v) is 13.0. The molecule has 5 heterocycles. The van der Waals surface area contributed by atoms with Crippen LogP contribution in [0.5, 0.6) is 0 Å². The van der Waals surface area contributed by atoms with Crippen LogP contribution in [0.25, 0.3) is 0 Å². The maximum atomic E-state index is 11.6. The Bertz CT molecular complexity index is 1080. The van der Waals surface area contributed by atoms with Crippen LogP contribution in [0.4, 0.5) is 0 Å². The van der Waals surface area contributed by atoms with Gasteiger partial charge in [-0.15, -0.1) is 0 Å². The number of aliphatic hydroxyl groups is 13. The summed E-state index contributed by atoms with van der Waals surface area (Å²) in [5, 5.41) is 135. The van der Waals surface area contributed by atoms with Gasteiger partial charge in [0.1, 0.15) is 97.7 Å². The van der Waals surface area contributed by atoms with Gasteiger partial charge in [0.25, 0.3) is 0 Å². The fourth-order valence-electron chi connectivity index (χ4n) is 6.28. The van der Waals surface area contributed by atoms with Gasteiger partial charge in [0.05, 0.1) is 32.0 Å². The van der Waals surface area contributed by atoms with Crippen molar-refractivity contribution < 1.29 is 109 Å². The molecule has 5 aliphatic rings. The average Bonchev–Trinajstić information content (AvgIpc) is 3.09. The molecule has 0 aromatic heterocycles. The molecule has 0 radical (unpaired) electrons. The number of hydrogen-bond acceptors (Lipinski definition) is 22. The zero-order valence-electron chi connectivity index (χ0n) is 26.9. The van der Waals surface area contributed by atoms with E-state index in [4.69, 9.17) is 42.6 Å². The van der Waals surface area contributed by atoms with Gasteiger partial charge in [0.15, 0.2) is 31.5 Å². The maximum absolute atomic E-state index is 11.6. The summed E-state index contributed by atoms with van der Waals surface area (Å²) in [7, 11) is 0. The summed E-state index contributed by atoms with van der Waals surface area (Å²) in [6.07, 6.45) is -37.9. The first-order valence-electron chi connectivity index (χ1n) is 16.1. The topological polar surface area (TPSA) is 346 Å². The molecular formula is C28H48O22. The summed E-state index contributed by atoms with van der Waals surface area (Å²) < 4.78 is 50.3. The normalized spacial score (nSPS) is 55.1. The van der Waals surface area contributed by atoms with Crippen molar-refractivity contribution in [3.8, 4) is 0 Å². The van der Waals surface area contributed by atoms with Crippen molar-refractivity contribution in [2.24, 2.45) is 0 Å². The minimum absolute atomic E-state index is 0.499. The van der Waals surface area contributed by atoms with E-state index in [1.807, 2.05) is 0 Å².